The zero-order valence-corrected chi connectivity index (χ0v) is 17.2. The van der Waals surface area contributed by atoms with Gasteiger partial charge in [0, 0.05) is 24.8 Å². The molecule has 0 radical (unpaired) electrons. The largest absolute Gasteiger partial charge is 0.466 e. The minimum absolute atomic E-state index is 0.216. The van der Waals surface area contributed by atoms with Crippen molar-refractivity contribution in [1.29, 1.82) is 0 Å². The Kier molecular flexibility index (Phi) is 7.60. The predicted molar refractivity (Wildman–Crippen MR) is 108 cm³/mol. The fraction of sp³-hybridized carbons (Fsp3) is 0.476. The Bertz CT molecular complexity index is 815. The smallest absolute Gasteiger partial charge is 0.191 e. The van der Waals surface area contributed by atoms with Crippen LogP contribution in [0.15, 0.2) is 33.7 Å². The first-order valence-electron chi connectivity index (χ1n) is 9.35. The number of aryl methyl sites for hydroxylation is 2. The molecule has 6 nitrogen and oxygen atoms in total. The predicted octanol–water partition coefficient (Wildman–Crippen LogP) is 3.14. The second-order valence-electron chi connectivity index (χ2n) is 7.01. The van der Waals surface area contributed by atoms with E-state index in [1.54, 1.807) is 19.1 Å². The summed E-state index contributed by atoms with van der Waals surface area (Å²) < 4.78 is 24.3. The van der Waals surface area contributed by atoms with E-state index >= 15 is 0 Å². The van der Waals surface area contributed by atoms with E-state index in [0.717, 1.165) is 16.9 Å². The Morgan fingerprint density at radius 2 is 2.04 bits per heavy atom. The number of hydrogen-bond acceptors (Lipinski definition) is 4. The van der Waals surface area contributed by atoms with Gasteiger partial charge in [-0.25, -0.2) is 9.38 Å². The molecule has 1 heterocycles. The maximum absolute atomic E-state index is 13.7. The van der Waals surface area contributed by atoms with Gasteiger partial charge in [-0.2, -0.15) is 0 Å². The van der Waals surface area contributed by atoms with Gasteiger partial charge in [0.05, 0.1) is 19.7 Å². The molecule has 0 amide bonds. The van der Waals surface area contributed by atoms with Crippen molar-refractivity contribution in [2.45, 2.75) is 46.4 Å². The van der Waals surface area contributed by atoms with Crippen LogP contribution >= 0.6 is 0 Å². The molecule has 0 saturated heterocycles. The normalized spacial score (nSPS) is 14.0. The van der Waals surface area contributed by atoms with E-state index < -0.39 is 5.60 Å². The van der Waals surface area contributed by atoms with Crippen molar-refractivity contribution >= 4 is 5.96 Å². The average Bonchev–Trinajstić information content (AvgIpc) is 2.99. The van der Waals surface area contributed by atoms with Gasteiger partial charge in [-0.3, -0.25) is 0 Å². The van der Waals surface area contributed by atoms with Crippen molar-refractivity contribution < 1.29 is 18.7 Å². The van der Waals surface area contributed by atoms with Crippen LogP contribution in [0, 0.1) is 19.7 Å². The summed E-state index contributed by atoms with van der Waals surface area (Å²) in [5, 5.41) is 17.2. The lowest BCUT2D eigenvalue weighted by atomic mass is 9.96. The average molecular weight is 391 g/mol. The molecule has 1 atom stereocenters. The third kappa shape index (κ3) is 5.81. The first kappa shape index (κ1) is 21.9. The number of hydrogen-bond donors (Lipinski definition) is 3. The zero-order chi connectivity index (χ0) is 20.7. The SMILES string of the molecule is CCNC(=NCc1ccc(F)c(COC)c1)NCC(C)(O)c1cc(C)oc1C. The van der Waals surface area contributed by atoms with Crippen LogP contribution in [0.25, 0.3) is 0 Å². The van der Waals surface area contributed by atoms with Crippen LogP contribution in [-0.4, -0.2) is 31.3 Å². The topological polar surface area (TPSA) is 79.0 Å². The van der Waals surface area contributed by atoms with Crippen LogP contribution in [0.4, 0.5) is 4.39 Å². The van der Waals surface area contributed by atoms with Gasteiger partial charge in [0.25, 0.3) is 0 Å². The Hall–Kier alpha value is -2.38. The Labute approximate surface area is 165 Å². The maximum atomic E-state index is 13.7. The number of aliphatic hydroxyl groups is 1. The van der Waals surface area contributed by atoms with Crippen molar-refractivity contribution in [2.75, 3.05) is 20.2 Å². The molecule has 2 aromatic rings. The van der Waals surface area contributed by atoms with E-state index in [-0.39, 0.29) is 19.0 Å². The van der Waals surface area contributed by atoms with Crippen molar-refractivity contribution in [1.82, 2.24) is 10.6 Å². The van der Waals surface area contributed by atoms with E-state index in [1.807, 2.05) is 26.8 Å². The molecular weight excluding hydrogens is 361 g/mol. The minimum Gasteiger partial charge on any atom is -0.466 e. The Morgan fingerprint density at radius 1 is 1.29 bits per heavy atom. The van der Waals surface area contributed by atoms with Crippen molar-refractivity contribution in [2.24, 2.45) is 4.99 Å². The van der Waals surface area contributed by atoms with Crippen LogP contribution in [0.2, 0.25) is 0 Å². The number of aliphatic imine (C=N–C) groups is 1. The summed E-state index contributed by atoms with van der Waals surface area (Å²) in [5.41, 5.74) is 1.01. The van der Waals surface area contributed by atoms with Gasteiger partial charge in [0.1, 0.15) is 22.9 Å². The monoisotopic (exact) mass is 391 g/mol. The van der Waals surface area contributed by atoms with Gasteiger partial charge < -0.3 is 24.9 Å². The van der Waals surface area contributed by atoms with Gasteiger partial charge >= 0.3 is 0 Å². The molecule has 0 fully saturated rings. The summed E-state index contributed by atoms with van der Waals surface area (Å²) in [6.45, 7) is 8.92. The third-order valence-corrected chi connectivity index (χ3v) is 4.40. The first-order valence-corrected chi connectivity index (χ1v) is 9.35. The van der Waals surface area contributed by atoms with Gasteiger partial charge in [-0.15, -0.1) is 0 Å². The lowest BCUT2D eigenvalue weighted by Crippen LogP contribution is -2.44. The molecule has 154 valence electrons. The van der Waals surface area contributed by atoms with Gasteiger partial charge in [0.2, 0.25) is 0 Å². The Morgan fingerprint density at radius 3 is 2.64 bits per heavy atom. The number of nitrogens with one attached hydrogen (secondary N) is 2. The summed E-state index contributed by atoms with van der Waals surface area (Å²) in [4.78, 5) is 4.54. The molecule has 1 unspecified atom stereocenters. The van der Waals surface area contributed by atoms with Crippen LogP contribution in [0.5, 0.6) is 0 Å². The number of methoxy groups -OCH3 is 1. The summed E-state index contributed by atoms with van der Waals surface area (Å²) in [6, 6.07) is 6.72. The molecule has 0 aliphatic carbocycles. The fourth-order valence-electron chi connectivity index (χ4n) is 3.02. The lowest BCUT2D eigenvalue weighted by Gasteiger charge is -2.24. The lowest BCUT2D eigenvalue weighted by molar-refractivity contribution is 0.0601. The van der Waals surface area contributed by atoms with E-state index in [0.29, 0.717) is 30.4 Å². The molecule has 0 bridgehead atoms. The highest BCUT2D eigenvalue weighted by Gasteiger charge is 2.27. The number of guanidine groups is 1. The summed E-state index contributed by atoms with van der Waals surface area (Å²) in [6.07, 6.45) is 0. The molecule has 0 aliphatic rings. The van der Waals surface area contributed by atoms with Crippen LogP contribution in [0.1, 0.15) is 42.1 Å². The number of furan rings is 1. The van der Waals surface area contributed by atoms with Crippen molar-refractivity contribution in [3.8, 4) is 0 Å². The van der Waals surface area contributed by atoms with E-state index in [2.05, 4.69) is 15.6 Å². The highest BCUT2D eigenvalue weighted by molar-refractivity contribution is 5.79. The van der Waals surface area contributed by atoms with Gasteiger partial charge in [-0.05, 0) is 51.5 Å². The Balaban J connectivity index is 2.08. The highest BCUT2D eigenvalue weighted by Crippen LogP contribution is 2.26. The standard InChI is InChI=1S/C21H30FN3O3/c1-6-23-20(24-11-16-7-8-19(22)17(10-16)12-27-5)25-13-21(4,26)18-9-14(2)28-15(18)3/h7-10,26H,6,11-13H2,1-5H3,(H2,23,24,25). The summed E-state index contributed by atoms with van der Waals surface area (Å²) in [7, 11) is 1.53. The number of halogens is 1. The number of rotatable bonds is 8. The second-order valence-corrected chi connectivity index (χ2v) is 7.01. The molecule has 0 aliphatic heterocycles. The zero-order valence-electron chi connectivity index (χ0n) is 17.2. The highest BCUT2D eigenvalue weighted by atomic mass is 19.1. The summed E-state index contributed by atoms with van der Waals surface area (Å²) >= 11 is 0. The molecule has 7 heteroatoms. The second kappa shape index (κ2) is 9.71. The number of nitrogens with zero attached hydrogens (tertiary/aromatic N) is 1. The van der Waals surface area contributed by atoms with E-state index in [1.165, 1.54) is 13.2 Å². The van der Waals surface area contributed by atoms with Crippen molar-refractivity contribution in [3.05, 3.63) is 58.3 Å². The van der Waals surface area contributed by atoms with Crippen LogP contribution < -0.4 is 10.6 Å². The van der Waals surface area contributed by atoms with Crippen molar-refractivity contribution in [3.63, 3.8) is 0 Å². The maximum Gasteiger partial charge on any atom is 0.191 e. The molecule has 28 heavy (non-hydrogen) atoms. The quantitative estimate of drug-likeness (QED) is 0.476. The molecule has 2 rings (SSSR count). The molecule has 0 saturated carbocycles. The third-order valence-electron chi connectivity index (χ3n) is 4.40. The molecule has 0 spiro atoms. The molecule has 1 aromatic carbocycles. The minimum atomic E-state index is -1.11. The molecular formula is C21H30FN3O3. The summed E-state index contributed by atoms with van der Waals surface area (Å²) in [5.74, 6) is 1.74. The van der Waals surface area contributed by atoms with Gasteiger partial charge in [-0.1, -0.05) is 6.07 Å². The van der Waals surface area contributed by atoms with Gasteiger partial charge in [0.15, 0.2) is 5.96 Å². The molecule has 1 aromatic heterocycles. The fourth-order valence-corrected chi connectivity index (χ4v) is 3.02. The van der Waals surface area contributed by atoms with Crippen LogP contribution in [-0.2, 0) is 23.5 Å². The van der Waals surface area contributed by atoms with Crippen LogP contribution in [0.3, 0.4) is 0 Å². The molecule has 3 N–H and O–H groups in total. The number of ether oxygens (including phenoxy) is 1. The first-order chi connectivity index (χ1) is 13.3. The number of benzene rings is 1. The van der Waals surface area contributed by atoms with E-state index in [9.17, 15) is 9.50 Å². The van der Waals surface area contributed by atoms with E-state index in [4.69, 9.17) is 9.15 Å².